The maximum atomic E-state index is 12.4. The number of benzene rings is 1. The molecular weight excluding hydrogens is 302 g/mol. The summed E-state index contributed by atoms with van der Waals surface area (Å²) in [5.74, 6) is -0.122. The van der Waals surface area contributed by atoms with E-state index in [9.17, 15) is 4.79 Å². The Labute approximate surface area is 141 Å². The largest absolute Gasteiger partial charge is 0.375 e. The first-order chi connectivity index (χ1) is 11.7. The van der Waals surface area contributed by atoms with Crippen molar-refractivity contribution in [2.24, 2.45) is 0 Å². The normalized spacial score (nSPS) is 10.8. The quantitative estimate of drug-likeness (QED) is 0.707. The van der Waals surface area contributed by atoms with E-state index in [1.165, 1.54) is 5.69 Å². The fourth-order valence-electron chi connectivity index (χ4n) is 2.68. The molecule has 0 spiro atoms. The zero-order chi connectivity index (χ0) is 16.9. The molecule has 0 unspecified atom stereocenters. The molecule has 1 N–H and O–H groups in total. The van der Waals surface area contributed by atoms with Crippen LogP contribution in [0.3, 0.4) is 0 Å². The summed E-state index contributed by atoms with van der Waals surface area (Å²) in [5, 5.41) is 7.28. The van der Waals surface area contributed by atoms with Crippen molar-refractivity contribution in [1.29, 1.82) is 0 Å². The zero-order valence-corrected chi connectivity index (χ0v) is 13.9. The van der Waals surface area contributed by atoms with E-state index in [0.29, 0.717) is 23.4 Å². The van der Waals surface area contributed by atoms with Crippen molar-refractivity contribution in [2.45, 2.75) is 13.3 Å². The molecule has 6 nitrogen and oxygen atoms in total. The lowest BCUT2D eigenvalue weighted by atomic mass is 10.2. The van der Waals surface area contributed by atoms with Gasteiger partial charge in [0.25, 0.3) is 5.91 Å². The first-order valence-electron chi connectivity index (χ1n) is 8.01. The Bertz CT molecular complexity index is 828. The number of hydrogen-bond donors (Lipinski definition) is 1. The van der Waals surface area contributed by atoms with Crippen LogP contribution in [0.4, 0.5) is 5.69 Å². The molecule has 3 rings (SSSR count). The van der Waals surface area contributed by atoms with E-state index in [1.54, 1.807) is 23.0 Å². The maximum absolute atomic E-state index is 12.4. The molecule has 0 bridgehead atoms. The van der Waals surface area contributed by atoms with Gasteiger partial charge in [0.05, 0.1) is 5.69 Å². The Kier molecular flexibility index (Phi) is 4.74. The number of nitrogens with zero attached hydrogens (tertiary/aromatic N) is 4. The molecule has 0 fully saturated rings. The fraction of sp³-hybridized carbons (Fsp3) is 0.278. The minimum Gasteiger partial charge on any atom is -0.375 e. The standard InChI is InChI=1S/C18H21N5O/c1-14-16(17-19-10-7-13-23(17)21-14)18(24)20-11-6-12-22(2)15-8-4-3-5-9-15/h3-5,7-10,13H,6,11-12H2,1-2H3,(H,20,24). The average molecular weight is 323 g/mol. The third-order valence-electron chi connectivity index (χ3n) is 3.95. The van der Waals surface area contributed by atoms with Crippen molar-refractivity contribution in [2.75, 3.05) is 25.0 Å². The predicted molar refractivity (Wildman–Crippen MR) is 94.4 cm³/mol. The smallest absolute Gasteiger partial charge is 0.257 e. The highest BCUT2D eigenvalue weighted by Gasteiger charge is 2.17. The SMILES string of the molecule is Cc1nn2cccnc2c1C(=O)NCCCN(C)c1ccccc1. The Hall–Kier alpha value is -2.89. The van der Waals surface area contributed by atoms with E-state index in [2.05, 4.69) is 39.5 Å². The zero-order valence-electron chi connectivity index (χ0n) is 13.9. The van der Waals surface area contributed by atoms with Gasteiger partial charge in [-0.1, -0.05) is 18.2 Å². The van der Waals surface area contributed by atoms with Gasteiger partial charge >= 0.3 is 0 Å². The van der Waals surface area contributed by atoms with Crippen molar-refractivity contribution in [3.63, 3.8) is 0 Å². The fourth-order valence-corrected chi connectivity index (χ4v) is 2.68. The van der Waals surface area contributed by atoms with Crippen LogP contribution in [-0.2, 0) is 0 Å². The van der Waals surface area contributed by atoms with Crippen molar-refractivity contribution in [3.8, 4) is 0 Å². The highest BCUT2D eigenvalue weighted by atomic mass is 16.1. The second-order valence-corrected chi connectivity index (χ2v) is 5.71. The monoisotopic (exact) mass is 323 g/mol. The Morgan fingerprint density at radius 1 is 1.25 bits per heavy atom. The van der Waals surface area contributed by atoms with E-state index >= 15 is 0 Å². The summed E-state index contributed by atoms with van der Waals surface area (Å²) in [6.45, 7) is 3.31. The molecule has 2 aromatic heterocycles. The Morgan fingerprint density at radius 2 is 2.04 bits per heavy atom. The molecule has 1 aromatic carbocycles. The molecule has 0 aliphatic carbocycles. The number of carbonyl (C=O) groups excluding carboxylic acids is 1. The summed E-state index contributed by atoms with van der Waals surface area (Å²) in [4.78, 5) is 18.9. The Balaban J connectivity index is 1.55. The molecule has 0 atom stereocenters. The van der Waals surface area contributed by atoms with Crippen LogP contribution >= 0.6 is 0 Å². The average Bonchev–Trinajstić information content (AvgIpc) is 2.95. The molecule has 0 saturated heterocycles. The minimum absolute atomic E-state index is 0.122. The topological polar surface area (TPSA) is 62.5 Å². The van der Waals surface area contributed by atoms with E-state index in [-0.39, 0.29) is 5.91 Å². The molecule has 0 aliphatic heterocycles. The van der Waals surface area contributed by atoms with Crippen LogP contribution in [0, 0.1) is 6.92 Å². The molecule has 2 heterocycles. The summed E-state index contributed by atoms with van der Waals surface area (Å²) < 4.78 is 1.63. The number of aryl methyl sites for hydroxylation is 1. The lowest BCUT2D eigenvalue weighted by Gasteiger charge is -2.19. The second-order valence-electron chi connectivity index (χ2n) is 5.71. The maximum Gasteiger partial charge on any atom is 0.257 e. The molecule has 0 radical (unpaired) electrons. The summed E-state index contributed by atoms with van der Waals surface area (Å²) in [6.07, 6.45) is 4.33. The molecule has 0 saturated carbocycles. The van der Waals surface area contributed by atoms with Crippen LogP contribution in [-0.4, -0.2) is 40.6 Å². The van der Waals surface area contributed by atoms with Crippen molar-refractivity contribution >= 4 is 17.2 Å². The predicted octanol–water partition coefficient (Wildman–Crippen LogP) is 2.29. The number of carbonyl (C=O) groups is 1. The van der Waals surface area contributed by atoms with Crippen molar-refractivity contribution in [3.05, 3.63) is 60.0 Å². The number of anilines is 1. The van der Waals surface area contributed by atoms with Gasteiger partial charge in [-0.15, -0.1) is 0 Å². The van der Waals surface area contributed by atoms with Crippen LogP contribution in [0.15, 0.2) is 48.8 Å². The van der Waals surface area contributed by atoms with Crippen molar-refractivity contribution in [1.82, 2.24) is 19.9 Å². The van der Waals surface area contributed by atoms with E-state index in [4.69, 9.17) is 0 Å². The third-order valence-corrected chi connectivity index (χ3v) is 3.95. The summed E-state index contributed by atoms with van der Waals surface area (Å²) in [6, 6.07) is 12.0. The van der Waals surface area contributed by atoms with Gasteiger partial charge < -0.3 is 10.2 Å². The van der Waals surface area contributed by atoms with Gasteiger partial charge in [-0.05, 0) is 31.5 Å². The van der Waals surface area contributed by atoms with Crippen LogP contribution in [0.1, 0.15) is 22.5 Å². The highest BCUT2D eigenvalue weighted by Crippen LogP contribution is 2.13. The summed E-state index contributed by atoms with van der Waals surface area (Å²) >= 11 is 0. The minimum atomic E-state index is -0.122. The third kappa shape index (κ3) is 3.37. The molecule has 6 heteroatoms. The van der Waals surface area contributed by atoms with Gasteiger partial charge in [0.2, 0.25) is 0 Å². The molecule has 3 aromatic rings. The number of hydrogen-bond acceptors (Lipinski definition) is 4. The van der Waals surface area contributed by atoms with Crippen LogP contribution < -0.4 is 10.2 Å². The van der Waals surface area contributed by atoms with Gasteiger partial charge in [-0.2, -0.15) is 5.10 Å². The molecule has 0 aliphatic rings. The molecule has 1 amide bonds. The van der Waals surface area contributed by atoms with Gasteiger partial charge in [-0.3, -0.25) is 4.79 Å². The van der Waals surface area contributed by atoms with Gasteiger partial charge in [-0.25, -0.2) is 9.50 Å². The van der Waals surface area contributed by atoms with Gasteiger partial charge in [0.1, 0.15) is 5.56 Å². The number of aromatic nitrogens is 3. The van der Waals surface area contributed by atoms with Crippen LogP contribution in [0.5, 0.6) is 0 Å². The highest BCUT2D eigenvalue weighted by molar-refractivity contribution is 6.00. The van der Waals surface area contributed by atoms with E-state index in [1.807, 2.05) is 25.1 Å². The summed E-state index contributed by atoms with van der Waals surface area (Å²) in [7, 11) is 2.05. The first kappa shape index (κ1) is 16.0. The molecule has 24 heavy (non-hydrogen) atoms. The lowest BCUT2D eigenvalue weighted by Crippen LogP contribution is -2.28. The van der Waals surface area contributed by atoms with Crippen molar-refractivity contribution < 1.29 is 4.79 Å². The molecular formula is C18H21N5O. The lowest BCUT2D eigenvalue weighted by molar-refractivity contribution is 0.0954. The number of fused-ring (bicyclic) bond motifs is 1. The first-order valence-corrected chi connectivity index (χ1v) is 8.01. The van der Waals surface area contributed by atoms with Gasteiger partial charge in [0.15, 0.2) is 5.65 Å². The van der Waals surface area contributed by atoms with E-state index < -0.39 is 0 Å². The molecule has 124 valence electrons. The number of amides is 1. The number of nitrogens with one attached hydrogen (secondary N) is 1. The van der Waals surface area contributed by atoms with Gasteiger partial charge in [0, 0.05) is 38.2 Å². The number of rotatable bonds is 6. The van der Waals surface area contributed by atoms with Crippen LogP contribution in [0.25, 0.3) is 5.65 Å². The summed E-state index contributed by atoms with van der Waals surface area (Å²) in [5.41, 5.74) is 3.00. The second kappa shape index (κ2) is 7.12. The number of para-hydroxylation sites is 1. The van der Waals surface area contributed by atoms with E-state index in [0.717, 1.165) is 13.0 Å². The van der Waals surface area contributed by atoms with Crippen LogP contribution in [0.2, 0.25) is 0 Å². The Morgan fingerprint density at radius 3 is 2.83 bits per heavy atom.